The number of ether oxygens (including phenoxy) is 1. The maximum atomic E-state index is 12.0. The van der Waals surface area contributed by atoms with E-state index in [-0.39, 0.29) is 18.1 Å². The Morgan fingerprint density at radius 2 is 1.96 bits per heavy atom. The fraction of sp³-hybridized carbons (Fsp3) is 0.889. The van der Waals surface area contributed by atoms with E-state index in [1.54, 1.807) is 11.8 Å². The first-order chi connectivity index (χ1) is 10.7. The summed E-state index contributed by atoms with van der Waals surface area (Å²) in [6.45, 7) is 9.82. The van der Waals surface area contributed by atoms with E-state index in [0.717, 1.165) is 32.1 Å². The Kier molecular flexibility index (Phi) is 5.60. The highest BCUT2D eigenvalue weighted by molar-refractivity contribution is 6.57. The summed E-state index contributed by atoms with van der Waals surface area (Å²) >= 11 is 0. The summed E-state index contributed by atoms with van der Waals surface area (Å²) in [5.41, 5.74) is -0.677. The second-order valence-corrected chi connectivity index (χ2v) is 7.92. The second kappa shape index (κ2) is 6.96. The third-order valence-electron chi connectivity index (χ3n) is 5.74. The molecule has 2 fully saturated rings. The highest BCUT2D eigenvalue weighted by Gasteiger charge is 2.48. The van der Waals surface area contributed by atoms with Gasteiger partial charge in [-0.05, 0) is 58.3 Å². The molecule has 2 rings (SSSR count). The lowest BCUT2D eigenvalue weighted by Gasteiger charge is -2.36. The van der Waals surface area contributed by atoms with Gasteiger partial charge in [-0.2, -0.15) is 0 Å². The van der Waals surface area contributed by atoms with Crippen LogP contribution in [0.1, 0.15) is 66.7 Å². The van der Waals surface area contributed by atoms with Gasteiger partial charge >= 0.3 is 0 Å². The van der Waals surface area contributed by atoms with Crippen LogP contribution in [-0.2, 0) is 9.53 Å². The average Bonchev–Trinajstić information content (AvgIpc) is 2.68. The number of Topliss-reactive ketones (excluding diaryl/α,β-unsaturated/α-hetero) is 1. The number of rotatable bonds is 4. The van der Waals surface area contributed by atoms with Crippen LogP contribution in [-0.4, -0.2) is 42.2 Å². The summed E-state index contributed by atoms with van der Waals surface area (Å²) in [7, 11) is 5.59. The first kappa shape index (κ1) is 18.5. The molecule has 5 unspecified atom stereocenters. The molecule has 1 aliphatic carbocycles. The molecule has 1 amide bonds. The average molecular weight is 319 g/mol. The Labute approximate surface area is 141 Å². The molecular formula is C18H30BNO3. The Bertz CT molecular complexity index is 465. The predicted octanol–water partition coefficient (Wildman–Crippen LogP) is 3.52. The van der Waals surface area contributed by atoms with Crippen molar-refractivity contribution in [2.45, 2.75) is 84.6 Å². The third-order valence-corrected chi connectivity index (χ3v) is 5.74. The van der Waals surface area contributed by atoms with Crippen molar-refractivity contribution in [3.63, 3.8) is 0 Å². The summed E-state index contributed by atoms with van der Waals surface area (Å²) in [4.78, 5) is 25.6. The first-order valence-electron chi connectivity index (χ1n) is 8.94. The number of carbonyl (C=O) groups excluding carboxylic acids is 2. The summed E-state index contributed by atoms with van der Waals surface area (Å²) in [6, 6.07) is -0.00709. The Morgan fingerprint density at radius 3 is 2.48 bits per heavy atom. The van der Waals surface area contributed by atoms with Crippen LogP contribution in [0.4, 0.5) is 4.79 Å². The zero-order chi connectivity index (χ0) is 17.4. The van der Waals surface area contributed by atoms with Crippen LogP contribution in [0.15, 0.2) is 0 Å². The van der Waals surface area contributed by atoms with Crippen molar-refractivity contribution >= 4 is 19.4 Å². The minimum atomic E-state index is -0.677. The minimum Gasteiger partial charge on any atom is -0.351 e. The van der Waals surface area contributed by atoms with Gasteiger partial charge in [0, 0.05) is 5.92 Å². The molecule has 23 heavy (non-hydrogen) atoms. The van der Waals surface area contributed by atoms with E-state index in [1.807, 2.05) is 13.8 Å². The van der Waals surface area contributed by atoms with Crippen LogP contribution >= 0.6 is 0 Å². The summed E-state index contributed by atoms with van der Waals surface area (Å²) in [5, 5.41) is 0. The molecule has 0 spiro atoms. The first-order valence-corrected chi connectivity index (χ1v) is 8.94. The van der Waals surface area contributed by atoms with Gasteiger partial charge in [0.15, 0.2) is 5.81 Å². The molecule has 1 heterocycles. The van der Waals surface area contributed by atoms with E-state index in [0.29, 0.717) is 17.6 Å². The van der Waals surface area contributed by atoms with Gasteiger partial charge in [0.25, 0.3) is 0 Å². The molecule has 5 atom stereocenters. The van der Waals surface area contributed by atoms with Crippen LogP contribution < -0.4 is 0 Å². The third kappa shape index (κ3) is 3.81. The molecule has 4 nitrogen and oxygen atoms in total. The fourth-order valence-corrected chi connectivity index (χ4v) is 4.74. The monoisotopic (exact) mass is 319 g/mol. The maximum absolute atomic E-state index is 12.0. The number of ketones is 1. The molecule has 2 aliphatic rings. The van der Waals surface area contributed by atoms with Gasteiger partial charge in [-0.1, -0.05) is 20.3 Å². The second-order valence-electron chi connectivity index (χ2n) is 7.92. The summed E-state index contributed by atoms with van der Waals surface area (Å²) < 4.78 is 6.21. The largest absolute Gasteiger partial charge is 0.351 e. The SMILES string of the molecule is [B]C(=O)N1C(CC)C(CC2CC(C)CCC2C(C)=O)OC1(C)C. The van der Waals surface area contributed by atoms with Crippen LogP contribution in [0.2, 0.25) is 0 Å². The van der Waals surface area contributed by atoms with E-state index >= 15 is 0 Å². The van der Waals surface area contributed by atoms with Crippen molar-refractivity contribution in [3.05, 3.63) is 0 Å². The number of amides is 1. The Hall–Kier alpha value is -0.835. The number of hydrogen-bond donors (Lipinski definition) is 0. The van der Waals surface area contributed by atoms with Crippen molar-refractivity contribution in [1.29, 1.82) is 0 Å². The van der Waals surface area contributed by atoms with E-state index < -0.39 is 11.5 Å². The minimum absolute atomic E-state index is 0.00709. The number of carbonyl (C=O) groups is 2. The maximum Gasteiger partial charge on any atom is 0.200 e. The lowest BCUT2D eigenvalue weighted by atomic mass is 9.70. The van der Waals surface area contributed by atoms with Crippen LogP contribution in [0.5, 0.6) is 0 Å². The molecule has 0 aromatic carbocycles. The zero-order valence-electron chi connectivity index (χ0n) is 15.2. The number of hydrogen-bond acceptors (Lipinski definition) is 3. The lowest BCUT2D eigenvalue weighted by molar-refractivity contribution is -0.124. The predicted molar refractivity (Wildman–Crippen MR) is 91.3 cm³/mol. The molecule has 1 saturated heterocycles. The van der Waals surface area contributed by atoms with E-state index in [4.69, 9.17) is 12.6 Å². The standard InChI is InChI=1S/C18H30BNO3/c1-6-15-16(23-18(4,5)20(15)17(19)22)10-13-9-11(2)7-8-14(13)12(3)21/h11,13-16H,6-10H2,1-5H3. The quantitative estimate of drug-likeness (QED) is 0.745. The van der Waals surface area contributed by atoms with E-state index in [2.05, 4.69) is 13.8 Å². The van der Waals surface area contributed by atoms with Crippen molar-refractivity contribution in [2.24, 2.45) is 17.8 Å². The molecule has 1 saturated carbocycles. The van der Waals surface area contributed by atoms with Gasteiger partial charge in [0.1, 0.15) is 11.5 Å². The van der Waals surface area contributed by atoms with Crippen molar-refractivity contribution in [3.8, 4) is 0 Å². The smallest absolute Gasteiger partial charge is 0.200 e. The molecule has 2 radical (unpaired) electrons. The lowest BCUT2D eigenvalue weighted by Crippen LogP contribution is -2.47. The van der Waals surface area contributed by atoms with Crippen LogP contribution in [0, 0.1) is 17.8 Å². The van der Waals surface area contributed by atoms with Crippen LogP contribution in [0.3, 0.4) is 0 Å². The molecule has 0 aromatic heterocycles. The Balaban J connectivity index is 2.17. The van der Waals surface area contributed by atoms with Gasteiger partial charge < -0.3 is 9.64 Å². The molecule has 5 heteroatoms. The summed E-state index contributed by atoms with van der Waals surface area (Å²) in [5.74, 6) is 0.998. The topological polar surface area (TPSA) is 46.6 Å². The Morgan fingerprint density at radius 1 is 1.30 bits per heavy atom. The van der Waals surface area contributed by atoms with Crippen molar-refractivity contribution in [2.75, 3.05) is 0 Å². The fourth-order valence-electron chi connectivity index (χ4n) is 4.74. The van der Waals surface area contributed by atoms with Gasteiger partial charge in [-0.3, -0.25) is 9.59 Å². The normalized spacial score (nSPS) is 36.9. The van der Waals surface area contributed by atoms with Gasteiger partial charge in [-0.15, -0.1) is 0 Å². The van der Waals surface area contributed by atoms with Crippen molar-refractivity contribution < 1.29 is 14.3 Å². The highest BCUT2D eigenvalue weighted by Crippen LogP contribution is 2.42. The molecule has 0 bridgehead atoms. The molecule has 1 aliphatic heterocycles. The van der Waals surface area contributed by atoms with Crippen LogP contribution in [0.25, 0.3) is 0 Å². The molecular weight excluding hydrogens is 289 g/mol. The number of nitrogens with zero attached hydrogens (tertiary/aromatic N) is 1. The van der Waals surface area contributed by atoms with E-state index in [9.17, 15) is 9.59 Å². The molecule has 128 valence electrons. The molecule has 0 aromatic rings. The van der Waals surface area contributed by atoms with Gasteiger partial charge in [-0.25, -0.2) is 0 Å². The van der Waals surface area contributed by atoms with Crippen molar-refractivity contribution in [1.82, 2.24) is 4.90 Å². The van der Waals surface area contributed by atoms with E-state index in [1.165, 1.54) is 0 Å². The molecule has 0 N–H and O–H groups in total. The van der Waals surface area contributed by atoms with Gasteiger partial charge in [0.2, 0.25) is 7.85 Å². The highest BCUT2D eigenvalue weighted by atomic mass is 16.5. The zero-order valence-corrected chi connectivity index (χ0v) is 15.2. The summed E-state index contributed by atoms with van der Waals surface area (Å²) in [6.07, 6.45) is 4.78. The van der Waals surface area contributed by atoms with Gasteiger partial charge in [0.05, 0.1) is 12.1 Å².